The molecule has 1 atom stereocenters. The Balaban J connectivity index is 2.92. The van der Waals surface area contributed by atoms with Crippen LogP contribution < -0.4 is 5.73 Å². The molecule has 1 aromatic rings. The van der Waals surface area contributed by atoms with Crippen molar-refractivity contribution >= 4 is 0 Å². The molecule has 0 aliphatic heterocycles. The quantitative estimate of drug-likeness (QED) is 0.796. The van der Waals surface area contributed by atoms with Crippen LogP contribution in [0, 0.1) is 13.8 Å². The third-order valence-corrected chi connectivity index (χ3v) is 2.35. The lowest BCUT2D eigenvalue weighted by atomic mass is 10.0. The highest BCUT2D eigenvalue weighted by Gasteiger charge is 2.11. The molecule has 1 unspecified atom stereocenters. The van der Waals surface area contributed by atoms with Crippen LogP contribution in [0.25, 0.3) is 0 Å². The minimum atomic E-state index is 0.0422. The van der Waals surface area contributed by atoms with Gasteiger partial charge in [0.05, 0.1) is 6.10 Å². The van der Waals surface area contributed by atoms with Crippen molar-refractivity contribution in [2.24, 2.45) is 5.73 Å². The molecule has 2 heteroatoms. The number of aryl methyl sites for hydroxylation is 2. The molecule has 0 heterocycles. The Bertz CT molecular complexity index is 296. The highest BCUT2D eigenvalue weighted by molar-refractivity contribution is 5.32. The van der Waals surface area contributed by atoms with Crippen molar-refractivity contribution in [2.75, 3.05) is 13.2 Å². The van der Waals surface area contributed by atoms with E-state index in [1.807, 2.05) is 6.92 Å². The third kappa shape index (κ3) is 2.56. The van der Waals surface area contributed by atoms with Crippen LogP contribution >= 0.6 is 0 Å². The first-order valence-corrected chi connectivity index (χ1v) is 5.07. The van der Waals surface area contributed by atoms with Crippen molar-refractivity contribution in [3.05, 3.63) is 34.9 Å². The summed E-state index contributed by atoms with van der Waals surface area (Å²) in [5, 5.41) is 0. The van der Waals surface area contributed by atoms with Crippen LogP contribution in [-0.2, 0) is 4.74 Å². The number of nitrogens with two attached hydrogens (primary N) is 1. The molecule has 14 heavy (non-hydrogen) atoms. The molecule has 0 saturated heterocycles. The molecule has 0 fully saturated rings. The van der Waals surface area contributed by atoms with Gasteiger partial charge in [-0.25, -0.2) is 0 Å². The maximum atomic E-state index is 5.67. The normalized spacial score (nSPS) is 12.9. The minimum absolute atomic E-state index is 0.0422. The molecule has 0 radical (unpaired) electrons. The van der Waals surface area contributed by atoms with Gasteiger partial charge in [0.1, 0.15) is 0 Å². The summed E-state index contributed by atoms with van der Waals surface area (Å²) in [6.07, 6.45) is 0.0422. The van der Waals surface area contributed by atoms with E-state index < -0.39 is 0 Å². The summed E-state index contributed by atoms with van der Waals surface area (Å²) in [7, 11) is 0. The number of hydrogen-bond donors (Lipinski definition) is 1. The fraction of sp³-hybridized carbons (Fsp3) is 0.500. The SMILES string of the molecule is CCOC(CN)c1ccc(C)cc1C. The summed E-state index contributed by atoms with van der Waals surface area (Å²) in [6, 6.07) is 6.37. The summed E-state index contributed by atoms with van der Waals surface area (Å²) in [5.74, 6) is 0. The fourth-order valence-electron chi connectivity index (χ4n) is 1.67. The molecule has 0 aliphatic rings. The Morgan fingerprint density at radius 1 is 1.36 bits per heavy atom. The highest BCUT2D eigenvalue weighted by atomic mass is 16.5. The highest BCUT2D eigenvalue weighted by Crippen LogP contribution is 2.21. The molecule has 2 N–H and O–H groups in total. The Morgan fingerprint density at radius 3 is 2.57 bits per heavy atom. The van der Waals surface area contributed by atoms with Crippen molar-refractivity contribution in [3.8, 4) is 0 Å². The molecule has 0 spiro atoms. The minimum Gasteiger partial charge on any atom is -0.372 e. The zero-order valence-corrected chi connectivity index (χ0v) is 9.21. The summed E-state index contributed by atoms with van der Waals surface area (Å²) in [5.41, 5.74) is 9.42. The van der Waals surface area contributed by atoms with Crippen LogP contribution in [0.4, 0.5) is 0 Å². The smallest absolute Gasteiger partial charge is 0.0949 e. The van der Waals surface area contributed by atoms with E-state index in [0.717, 1.165) is 0 Å². The molecule has 0 bridgehead atoms. The molecule has 0 saturated carbocycles. The average molecular weight is 193 g/mol. The zero-order valence-electron chi connectivity index (χ0n) is 9.21. The van der Waals surface area contributed by atoms with Crippen LogP contribution in [0.15, 0.2) is 18.2 Å². The van der Waals surface area contributed by atoms with Gasteiger partial charge in [-0.15, -0.1) is 0 Å². The molecule has 2 nitrogen and oxygen atoms in total. The van der Waals surface area contributed by atoms with E-state index in [0.29, 0.717) is 13.2 Å². The van der Waals surface area contributed by atoms with Crippen LogP contribution in [0.1, 0.15) is 29.7 Å². The topological polar surface area (TPSA) is 35.2 Å². The van der Waals surface area contributed by atoms with Gasteiger partial charge in [-0.05, 0) is 31.9 Å². The van der Waals surface area contributed by atoms with Gasteiger partial charge in [0.25, 0.3) is 0 Å². The summed E-state index contributed by atoms with van der Waals surface area (Å²) < 4.78 is 5.57. The number of ether oxygens (including phenoxy) is 1. The van der Waals surface area contributed by atoms with Crippen molar-refractivity contribution < 1.29 is 4.74 Å². The van der Waals surface area contributed by atoms with E-state index in [1.165, 1.54) is 16.7 Å². The molecular weight excluding hydrogens is 174 g/mol. The Kier molecular flexibility index (Phi) is 4.11. The first kappa shape index (κ1) is 11.2. The lowest BCUT2D eigenvalue weighted by molar-refractivity contribution is 0.0684. The van der Waals surface area contributed by atoms with Crippen molar-refractivity contribution in [2.45, 2.75) is 26.9 Å². The van der Waals surface area contributed by atoms with E-state index in [9.17, 15) is 0 Å². The van der Waals surface area contributed by atoms with Gasteiger partial charge >= 0.3 is 0 Å². The van der Waals surface area contributed by atoms with E-state index in [2.05, 4.69) is 32.0 Å². The van der Waals surface area contributed by atoms with E-state index in [1.54, 1.807) is 0 Å². The molecule has 0 aromatic heterocycles. The standard InChI is InChI=1S/C12H19NO/c1-4-14-12(8-13)11-6-5-9(2)7-10(11)3/h5-7,12H,4,8,13H2,1-3H3. The zero-order chi connectivity index (χ0) is 10.6. The first-order chi connectivity index (χ1) is 6.69. The Hall–Kier alpha value is -0.860. The van der Waals surface area contributed by atoms with Crippen LogP contribution in [0.5, 0.6) is 0 Å². The van der Waals surface area contributed by atoms with Gasteiger partial charge in [-0.1, -0.05) is 23.8 Å². The second-order valence-electron chi connectivity index (χ2n) is 3.54. The maximum Gasteiger partial charge on any atom is 0.0949 e. The number of hydrogen-bond acceptors (Lipinski definition) is 2. The fourth-order valence-corrected chi connectivity index (χ4v) is 1.67. The predicted molar refractivity (Wildman–Crippen MR) is 59.3 cm³/mol. The number of rotatable bonds is 4. The molecule has 0 aliphatic carbocycles. The van der Waals surface area contributed by atoms with Crippen molar-refractivity contribution in [3.63, 3.8) is 0 Å². The van der Waals surface area contributed by atoms with Crippen LogP contribution in [0.2, 0.25) is 0 Å². The summed E-state index contributed by atoms with van der Waals surface area (Å²) >= 11 is 0. The maximum absolute atomic E-state index is 5.67. The monoisotopic (exact) mass is 193 g/mol. The molecule has 0 amide bonds. The Labute approximate surface area is 86.1 Å². The van der Waals surface area contributed by atoms with Crippen molar-refractivity contribution in [1.82, 2.24) is 0 Å². The summed E-state index contributed by atoms with van der Waals surface area (Å²) in [6.45, 7) is 7.43. The van der Waals surface area contributed by atoms with Gasteiger partial charge < -0.3 is 10.5 Å². The molecule has 1 rings (SSSR count). The van der Waals surface area contributed by atoms with Gasteiger partial charge in [0.15, 0.2) is 0 Å². The lowest BCUT2D eigenvalue weighted by Crippen LogP contribution is -2.16. The molecule has 1 aromatic carbocycles. The van der Waals surface area contributed by atoms with Crippen molar-refractivity contribution in [1.29, 1.82) is 0 Å². The summed E-state index contributed by atoms with van der Waals surface area (Å²) in [4.78, 5) is 0. The van der Waals surface area contributed by atoms with Gasteiger partial charge in [-0.2, -0.15) is 0 Å². The van der Waals surface area contributed by atoms with Gasteiger partial charge in [0.2, 0.25) is 0 Å². The largest absolute Gasteiger partial charge is 0.372 e. The van der Waals surface area contributed by atoms with E-state index in [4.69, 9.17) is 10.5 Å². The average Bonchev–Trinajstić information content (AvgIpc) is 2.15. The van der Waals surface area contributed by atoms with Gasteiger partial charge in [-0.3, -0.25) is 0 Å². The van der Waals surface area contributed by atoms with Crippen LogP contribution in [-0.4, -0.2) is 13.2 Å². The van der Waals surface area contributed by atoms with E-state index >= 15 is 0 Å². The third-order valence-electron chi connectivity index (χ3n) is 2.35. The van der Waals surface area contributed by atoms with Crippen LogP contribution in [0.3, 0.4) is 0 Å². The molecule has 78 valence electrons. The Morgan fingerprint density at radius 2 is 2.07 bits per heavy atom. The lowest BCUT2D eigenvalue weighted by Gasteiger charge is -2.17. The second kappa shape index (κ2) is 5.13. The molecular formula is C12H19NO. The second-order valence-corrected chi connectivity index (χ2v) is 3.54. The first-order valence-electron chi connectivity index (χ1n) is 5.07. The van der Waals surface area contributed by atoms with E-state index in [-0.39, 0.29) is 6.10 Å². The van der Waals surface area contributed by atoms with Gasteiger partial charge in [0, 0.05) is 13.2 Å². The number of benzene rings is 1. The predicted octanol–water partition coefficient (Wildman–Crippen LogP) is 2.34.